The molecule has 0 bridgehead atoms. The lowest BCUT2D eigenvalue weighted by molar-refractivity contribution is -0.116. The van der Waals surface area contributed by atoms with Crippen LogP contribution < -0.4 is 16.4 Å². The summed E-state index contributed by atoms with van der Waals surface area (Å²) in [5, 5.41) is 6.37. The van der Waals surface area contributed by atoms with Gasteiger partial charge in [0.15, 0.2) is 0 Å². The van der Waals surface area contributed by atoms with Gasteiger partial charge in [0, 0.05) is 24.7 Å². The highest BCUT2D eigenvalue weighted by Gasteiger charge is 2.17. The van der Waals surface area contributed by atoms with E-state index in [9.17, 15) is 4.79 Å². The van der Waals surface area contributed by atoms with Gasteiger partial charge in [-0.2, -0.15) is 0 Å². The van der Waals surface area contributed by atoms with Crippen molar-refractivity contribution in [1.29, 1.82) is 0 Å². The fraction of sp³-hybridized carbons (Fsp3) is 0.562. The molecule has 1 atom stereocenters. The number of carbonyl (C=O) groups excluding carboxylic acids is 1. The third kappa shape index (κ3) is 3.88. The fourth-order valence-electron chi connectivity index (χ4n) is 2.75. The minimum Gasteiger partial charge on any atom is -0.397 e. The van der Waals surface area contributed by atoms with Gasteiger partial charge in [-0.3, -0.25) is 4.79 Å². The van der Waals surface area contributed by atoms with Crippen LogP contribution in [0.1, 0.15) is 32.8 Å². The summed E-state index contributed by atoms with van der Waals surface area (Å²) in [6.45, 7) is 9.60. The molecule has 0 aromatic heterocycles. The van der Waals surface area contributed by atoms with Crippen molar-refractivity contribution in [2.45, 2.75) is 39.7 Å². The van der Waals surface area contributed by atoms with Crippen molar-refractivity contribution in [2.24, 2.45) is 0 Å². The van der Waals surface area contributed by atoms with Crippen molar-refractivity contribution in [3.05, 3.63) is 17.7 Å². The molecule has 4 N–H and O–H groups in total. The van der Waals surface area contributed by atoms with Gasteiger partial charge in [-0.25, -0.2) is 0 Å². The van der Waals surface area contributed by atoms with E-state index < -0.39 is 0 Å². The average Bonchev–Trinajstić information content (AvgIpc) is 2.45. The number of anilines is 3. The van der Waals surface area contributed by atoms with Crippen LogP contribution in [-0.2, 0) is 11.2 Å². The number of nitrogens with two attached hydrogens (primary N) is 1. The van der Waals surface area contributed by atoms with Gasteiger partial charge in [-0.05, 0) is 44.1 Å². The maximum Gasteiger partial charge on any atom is 0.224 e. The van der Waals surface area contributed by atoms with Gasteiger partial charge in [-0.15, -0.1) is 0 Å². The van der Waals surface area contributed by atoms with Gasteiger partial charge in [-0.1, -0.05) is 13.8 Å². The van der Waals surface area contributed by atoms with Gasteiger partial charge < -0.3 is 21.3 Å². The second kappa shape index (κ2) is 6.80. The third-order valence-corrected chi connectivity index (χ3v) is 4.00. The Morgan fingerprint density at radius 2 is 2.05 bits per heavy atom. The maximum atomic E-state index is 11.4. The summed E-state index contributed by atoms with van der Waals surface area (Å²) in [5.74, 6) is 0.0671. The first-order valence-corrected chi connectivity index (χ1v) is 7.74. The van der Waals surface area contributed by atoms with E-state index in [-0.39, 0.29) is 5.91 Å². The van der Waals surface area contributed by atoms with Crippen LogP contribution in [0.5, 0.6) is 0 Å². The predicted molar refractivity (Wildman–Crippen MR) is 88.7 cm³/mol. The van der Waals surface area contributed by atoms with Gasteiger partial charge in [0.05, 0.1) is 11.4 Å². The van der Waals surface area contributed by atoms with Crippen molar-refractivity contribution < 1.29 is 4.79 Å². The van der Waals surface area contributed by atoms with Crippen LogP contribution in [0, 0.1) is 0 Å². The van der Waals surface area contributed by atoms with Crippen LogP contribution in [0.3, 0.4) is 0 Å². The molecule has 5 nitrogen and oxygen atoms in total. The van der Waals surface area contributed by atoms with Gasteiger partial charge >= 0.3 is 0 Å². The molecule has 0 saturated carbocycles. The van der Waals surface area contributed by atoms with Gasteiger partial charge in [0.25, 0.3) is 0 Å². The zero-order valence-electron chi connectivity index (χ0n) is 13.2. The van der Waals surface area contributed by atoms with Crippen molar-refractivity contribution in [1.82, 2.24) is 4.90 Å². The summed E-state index contributed by atoms with van der Waals surface area (Å²) in [4.78, 5) is 13.8. The molecule has 0 saturated heterocycles. The van der Waals surface area contributed by atoms with Crippen LogP contribution >= 0.6 is 0 Å². The number of hydrogen-bond donors (Lipinski definition) is 3. The van der Waals surface area contributed by atoms with Crippen LogP contribution in [0.25, 0.3) is 0 Å². The molecule has 1 aliphatic heterocycles. The Labute approximate surface area is 126 Å². The smallest absolute Gasteiger partial charge is 0.224 e. The number of rotatable bonds is 6. The molecule has 0 spiro atoms. The fourth-order valence-corrected chi connectivity index (χ4v) is 2.75. The SMILES string of the molecule is CCN(CC)CC(C)Nc1cc2c(cc1N)NC(=O)CC2. The quantitative estimate of drug-likeness (QED) is 0.703. The number of amides is 1. The van der Waals surface area contributed by atoms with Crippen molar-refractivity contribution >= 4 is 23.0 Å². The standard InChI is InChI=1S/C16H26N4O/c1-4-20(5-2)10-11(3)18-15-8-12-6-7-16(21)19-14(12)9-13(15)17/h8-9,11,18H,4-7,10,17H2,1-3H3,(H,19,21). The number of hydrogen-bond acceptors (Lipinski definition) is 4. The lowest BCUT2D eigenvalue weighted by atomic mass is 10.0. The summed E-state index contributed by atoms with van der Waals surface area (Å²) in [5.41, 5.74) is 9.76. The molecule has 5 heteroatoms. The lowest BCUT2D eigenvalue weighted by Gasteiger charge is -2.26. The molecule has 0 fully saturated rings. The van der Waals surface area contributed by atoms with Crippen molar-refractivity contribution in [3.63, 3.8) is 0 Å². The zero-order valence-corrected chi connectivity index (χ0v) is 13.2. The molecule has 1 aromatic rings. The van der Waals surface area contributed by atoms with Gasteiger partial charge in [0.1, 0.15) is 0 Å². The number of carbonyl (C=O) groups is 1. The Hall–Kier alpha value is -1.75. The number of likely N-dealkylation sites (N-methyl/N-ethyl adjacent to an activating group) is 1. The highest BCUT2D eigenvalue weighted by atomic mass is 16.1. The van der Waals surface area contributed by atoms with E-state index in [0.29, 0.717) is 18.2 Å². The van der Waals surface area contributed by atoms with E-state index in [0.717, 1.165) is 43.0 Å². The number of nitrogens with zero attached hydrogens (tertiary/aromatic N) is 1. The topological polar surface area (TPSA) is 70.4 Å². The molecular weight excluding hydrogens is 264 g/mol. The molecule has 116 valence electrons. The van der Waals surface area contributed by atoms with Crippen LogP contribution in [0.2, 0.25) is 0 Å². The summed E-state index contributed by atoms with van der Waals surface area (Å²) < 4.78 is 0. The van der Waals surface area contributed by atoms with E-state index in [1.54, 1.807) is 0 Å². The average molecular weight is 290 g/mol. The first-order chi connectivity index (χ1) is 10.0. The largest absolute Gasteiger partial charge is 0.397 e. The van der Waals surface area contributed by atoms with Gasteiger partial charge in [0.2, 0.25) is 5.91 Å². The Bertz CT molecular complexity index is 511. The molecule has 1 aliphatic rings. The zero-order chi connectivity index (χ0) is 15.4. The van der Waals surface area contributed by atoms with Crippen molar-refractivity contribution in [2.75, 3.05) is 36.0 Å². The number of fused-ring (bicyclic) bond motifs is 1. The first kappa shape index (κ1) is 15.6. The maximum absolute atomic E-state index is 11.4. The van der Waals surface area contributed by atoms with E-state index >= 15 is 0 Å². The molecule has 2 rings (SSSR count). The molecular formula is C16H26N4O. The Kier molecular flexibility index (Phi) is 5.07. The molecule has 0 radical (unpaired) electrons. The van der Waals surface area contributed by atoms with Crippen LogP contribution in [0.15, 0.2) is 12.1 Å². The second-order valence-corrected chi connectivity index (χ2v) is 5.68. The Balaban J connectivity index is 2.08. The number of nitrogens with one attached hydrogen (secondary N) is 2. The predicted octanol–water partition coefficient (Wildman–Crippen LogP) is 2.30. The molecule has 0 aliphatic carbocycles. The molecule has 21 heavy (non-hydrogen) atoms. The monoisotopic (exact) mass is 290 g/mol. The van der Waals surface area contributed by atoms with Crippen LogP contribution in [0.4, 0.5) is 17.1 Å². The summed E-state index contributed by atoms with van der Waals surface area (Å²) >= 11 is 0. The normalized spacial score (nSPS) is 15.5. The van der Waals surface area contributed by atoms with E-state index in [4.69, 9.17) is 5.73 Å². The highest BCUT2D eigenvalue weighted by molar-refractivity contribution is 5.95. The summed E-state index contributed by atoms with van der Waals surface area (Å²) in [6, 6.07) is 4.25. The Morgan fingerprint density at radius 3 is 2.71 bits per heavy atom. The highest BCUT2D eigenvalue weighted by Crippen LogP contribution is 2.31. The molecule has 1 aromatic carbocycles. The third-order valence-electron chi connectivity index (χ3n) is 4.00. The molecule has 1 heterocycles. The number of aryl methyl sites for hydroxylation is 1. The number of benzene rings is 1. The van der Waals surface area contributed by atoms with E-state index in [2.05, 4.69) is 42.4 Å². The van der Waals surface area contributed by atoms with Crippen molar-refractivity contribution in [3.8, 4) is 0 Å². The molecule has 1 amide bonds. The summed E-state index contributed by atoms with van der Waals surface area (Å²) in [7, 11) is 0. The summed E-state index contributed by atoms with van der Waals surface area (Å²) in [6.07, 6.45) is 1.33. The minimum atomic E-state index is 0.0671. The van der Waals surface area contributed by atoms with E-state index in [1.807, 2.05) is 6.07 Å². The number of nitrogen functional groups attached to an aromatic ring is 1. The second-order valence-electron chi connectivity index (χ2n) is 5.68. The van der Waals surface area contributed by atoms with Crippen LogP contribution in [-0.4, -0.2) is 36.5 Å². The molecule has 1 unspecified atom stereocenters. The lowest BCUT2D eigenvalue weighted by Crippen LogP contribution is -2.35. The van der Waals surface area contributed by atoms with E-state index in [1.165, 1.54) is 0 Å². The minimum absolute atomic E-state index is 0.0671. The first-order valence-electron chi connectivity index (χ1n) is 7.74. The Morgan fingerprint density at radius 1 is 1.33 bits per heavy atom.